The van der Waals surface area contributed by atoms with Gasteiger partial charge in [0.05, 0.1) is 0 Å². The first-order valence-electron chi connectivity index (χ1n) is 23.1. The molecule has 0 fully saturated rings. The standard InChI is InChI=1S/C51H84O6/c1-4-7-10-13-15-17-18-19-20-21-22-23-24-25-26-27-28-29-30-31-32-34-35-38-41-44-50(53)56-47-48(46-55-49(52)43-40-37-12-9-6-3)57-51(54)45-42-39-36-33-16-14-11-8-5-2/h7,10,15,17,19-20,22-23,25-26,28-29,31-32,48H,4-6,8-9,11-14,16,18,21,24,27,30,33-47H2,1-3H3/b10-7-,17-15-,20-19-,23-22-,26-25-,29-28-,32-31-. The van der Waals surface area contributed by atoms with Gasteiger partial charge in [-0.25, -0.2) is 0 Å². The van der Waals surface area contributed by atoms with Crippen molar-refractivity contribution in [2.45, 2.75) is 207 Å². The fraction of sp³-hybridized carbons (Fsp3) is 0.667. The fourth-order valence-corrected chi connectivity index (χ4v) is 5.95. The van der Waals surface area contributed by atoms with E-state index >= 15 is 0 Å². The van der Waals surface area contributed by atoms with E-state index in [1.807, 2.05) is 0 Å². The van der Waals surface area contributed by atoms with Crippen LogP contribution in [0, 0.1) is 0 Å². The van der Waals surface area contributed by atoms with E-state index in [0.29, 0.717) is 19.3 Å². The van der Waals surface area contributed by atoms with Crippen molar-refractivity contribution in [1.82, 2.24) is 0 Å². The van der Waals surface area contributed by atoms with Gasteiger partial charge in [-0.05, 0) is 77.0 Å². The number of carbonyl (C=O) groups is 3. The molecule has 57 heavy (non-hydrogen) atoms. The summed E-state index contributed by atoms with van der Waals surface area (Å²) in [4.78, 5) is 37.4. The van der Waals surface area contributed by atoms with E-state index in [2.05, 4.69) is 106 Å². The van der Waals surface area contributed by atoms with Gasteiger partial charge in [0.25, 0.3) is 0 Å². The average Bonchev–Trinajstić information content (AvgIpc) is 3.21. The molecule has 1 atom stereocenters. The zero-order valence-corrected chi connectivity index (χ0v) is 36.8. The molecule has 0 spiro atoms. The quantitative estimate of drug-likeness (QED) is 0.0266. The molecule has 0 aromatic rings. The zero-order chi connectivity index (χ0) is 41.5. The van der Waals surface area contributed by atoms with Gasteiger partial charge in [0.15, 0.2) is 6.10 Å². The molecule has 0 radical (unpaired) electrons. The first-order valence-corrected chi connectivity index (χ1v) is 23.1. The summed E-state index contributed by atoms with van der Waals surface area (Å²) in [5.74, 6) is -0.946. The molecule has 0 aromatic carbocycles. The summed E-state index contributed by atoms with van der Waals surface area (Å²) in [7, 11) is 0. The van der Waals surface area contributed by atoms with E-state index in [-0.39, 0.29) is 31.1 Å². The van der Waals surface area contributed by atoms with E-state index in [9.17, 15) is 14.4 Å². The molecule has 0 aromatic heterocycles. The van der Waals surface area contributed by atoms with Gasteiger partial charge >= 0.3 is 17.9 Å². The predicted octanol–water partition coefficient (Wildman–Crippen LogP) is 14.9. The SMILES string of the molecule is CC/C=C\C/C=C\C/C=C\C/C=C\C/C=C\C/C=C\C/C=C\CCCCCC(=O)OCC(COC(=O)CCCCCCC)OC(=O)CCCCCCCCCCC. The molecule has 1 unspecified atom stereocenters. The molecule has 6 heteroatoms. The maximum Gasteiger partial charge on any atom is 0.306 e. The van der Waals surface area contributed by atoms with Crippen LogP contribution in [0.3, 0.4) is 0 Å². The summed E-state index contributed by atoms with van der Waals surface area (Å²) in [6, 6.07) is 0. The van der Waals surface area contributed by atoms with Gasteiger partial charge < -0.3 is 14.2 Å². The third-order valence-corrected chi connectivity index (χ3v) is 9.41. The highest BCUT2D eigenvalue weighted by Gasteiger charge is 2.19. The summed E-state index contributed by atoms with van der Waals surface area (Å²) in [5, 5.41) is 0. The highest BCUT2D eigenvalue weighted by atomic mass is 16.6. The number of unbranched alkanes of at least 4 members (excludes halogenated alkanes) is 15. The monoisotopic (exact) mass is 793 g/mol. The van der Waals surface area contributed by atoms with Crippen LogP contribution < -0.4 is 0 Å². The smallest absolute Gasteiger partial charge is 0.306 e. The van der Waals surface area contributed by atoms with Crippen molar-refractivity contribution in [2.75, 3.05) is 13.2 Å². The first kappa shape index (κ1) is 53.6. The Labute approximate surface area is 350 Å². The minimum Gasteiger partial charge on any atom is -0.462 e. The van der Waals surface area contributed by atoms with Crippen molar-refractivity contribution in [3.8, 4) is 0 Å². The Morgan fingerprint density at radius 2 is 0.684 bits per heavy atom. The van der Waals surface area contributed by atoms with Crippen molar-refractivity contribution in [3.05, 3.63) is 85.1 Å². The second kappa shape index (κ2) is 45.3. The Hall–Kier alpha value is -3.41. The van der Waals surface area contributed by atoms with Crippen LogP contribution in [0.4, 0.5) is 0 Å². The normalized spacial score (nSPS) is 12.8. The van der Waals surface area contributed by atoms with E-state index in [0.717, 1.165) is 116 Å². The van der Waals surface area contributed by atoms with E-state index in [1.54, 1.807) is 0 Å². The number of allylic oxidation sites excluding steroid dienone is 14. The highest BCUT2D eigenvalue weighted by Crippen LogP contribution is 2.13. The second-order valence-corrected chi connectivity index (χ2v) is 14.9. The van der Waals surface area contributed by atoms with E-state index < -0.39 is 6.10 Å². The number of ether oxygens (including phenoxy) is 3. The lowest BCUT2D eigenvalue weighted by molar-refractivity contribution is -0.167. The molecule has 0 heterocycles. The van der Waals surface area contributed by atoms with E-state index in [4.69, 9.17) is 14.2 Å². The lowest BCUT2D eigenvalue weighted by atomic mass is 10.1. The molecule has 0 saturated carbocycles. The third-order valence-electron chi connectivity index (χ3n) is 9.41. The number of esters is 3. The molecular weight excluding hydrogens is 709 g/mol. The van der Waals surface area contributed by atoms with Crippen molar-refractivity contribution in [3.63, 3.8) is 0 Å². The summed E-state index contributed by atoms with van der Waals surface area (Å²) < 4.78 is 16.5. The highest BCUT2D eigenvalue weighted by molar-refractivity contribution is 5.71. The van der Waals surface area contributed by atoms with Gasteiger partial charge in [0.2, 0.25) is 0 Å². The molecule has 0 aliphatic rings. The number of carbonyl (C=O) groups excluding carboxylic acids is 3. The van der Waals surface area contributed by atoms with Crippen LogP contribution in [0.5, 0.6) is 0 Å². The molecule has 0 N–H and O–H groups in total. The minimum atomic E-state index is -0.782. The molecular formula is C51H84O6. The van der Waals surface area contributed by atoms with E-state index in [1.165, 1.54) is 44.9 Å². The predicted molar refractivity (Wildman–Crippen MR) is 242 cm³/mol. The van der Waals surface area contributed by atoms with Crippen LogP contribution in [0.2, 0.25) is 0 Å². The average molecular weight is 793 g/mol. The Kier molecular flexibility index (Phi) is 42.6. The number of rotatable bonds is 40. The summed E-state index contributed by atoms with van der Waals surface area (Å²) in [6.07, 6.45) is 57.5. The minimum absolute atomic E-state index is 0.0878. The molecule has 0 amide bonds. The molecule has 0 bridgehead atoms. The Morgan fingerprint density at radius 3 is 1.07 bits per heavy atom. The van der Waals surface area contributed by atoms with Gasteiger partial charge in [-0.2, -0.15) is 0 Å². The lowest BCUT2D eigenvalue weighted by Gasteiger charge is -2.18. The zero-order valence-electron chi connectivity index (χ0n) is 36.8. The van der Waals surface area contributed by atoms with Crippen LogP contribution in [-0.2, 0) is 28.6 Å². The lowest BCUT2D eigenvalue weighted by Crippen LogP contribution is -2.30. The van der Waals surface area contributed by atoms with Crippen molar-refractivity contribution >= 4 is 17.9 Å². The fourth-order valence-electron chi connectivity index (χ4n) is 5.95. The third kappa shape index (κ3) is 43.6. The number of hydrogen-bond donors (Lipinski definition) is 0. The van der Waals surface area contributed by atoms with Crippen LogP contribution in [0.25, 0.3) is 0 Å². The first-order chi connectivity index (χ1) is 28.0. The number of hydrogen-bond acceptors (Lipinski definition) is 6. The van der Waals surface area contributed by atoms with Gasteiger partial charge in [-0.3, -0.25) is 14.4 Å². The Balaban J connectivity index is 4.20. The van der Waals surface area contributed by atoms with Crippen LogP contribution in [-0.4, -0.2) is 37.2 Å². The molecule has 0 aliphatic heterocycles. The molecule has 0 saturated heterocycles. The van der Waals surface area contributed by atoms with Gasteiger partial charge in [-0.15, -0.1) is 0 Å². The maximum absolute atomic E-state index is 12.6. The van der Waals surface area contributed by atoms with Crippen LogP contribution in [0.15, 0.2) is 85.1 Å². The molecule has 6 nitrogen and oxygen atoms in total. The largest absolute Gasteiger partial charge is 0.462 e. The summed E-state index contributed by atoms with van der Waals surface area (Å²) >= 11 is 0. The molecule has 0 rings (SSSR count). The van der Waals surface area contributed by atoms with Gasteiger partial charge in [0.1, 0.15) is 13.2 Å². The maximum atomic E-state index is 12.6. The summed E-state index contributed by atoms with van der Waals surface area (Å²) in [5.41, 5.74) is 0. The Bertz CT molecular complexity index is 1140. The van der Waals surface area contributed by atoms with Crippen LogP contribution >= 0.6 is 0 Å². The topological polar surface area (TPSA) is 78.9 Å². The Morgan fingerprint density at radius 1 is 0.368 bits per heavy atom. The van der Waals surface area contributed by atoms with Crippen molar-refractivity contribution in [2.24, 2.45) is 0 Å². The summed E-state index contributed by atoms with van der Waals surface area (Å²) in [6.45, 7) is 6.36. The van der Waals surface area contributed by atoms with Crippen molar-refractivity contribution < 1.29 is 28.6 Å². The second-order valence-electron chi connectivity index (χ2n) is 14.9. The molecule has 324 valence electrons. The van der Waals surface area contributed by atoms with Gasteiger partial charge in [0, 0.05) is 19.3 Å². The molecule has 0 aliphatic carbocycles. The van der Waals surface area contributed by atoms with Crippen molar-refractivity contribution in [1.29, 1.82) is 0 Å². The van der Waals surface area contributed by atoms with Gasteiger partial charge in [-0.1, -0.05) is 189 Å². The van der Waals surface area contributed by atoms with Crippen LogP contribution in [0.1, 0.15) is 201 Å².